The molecular weight excluding hydrogens is 394 g/mol. The van der Waals surface area contributed by atoms with Gasteiger partial charge < -0.3 is 10.6 Å². The number of hydrogen-bond acceptors (Lipinski definition) is 4. The molecule has 0 saturated heterocycles. The van der Waals surface area contributed by atoms with E-state index in [1.165, 1.54) is 19.0 Å². The first-order valence-electron chi connectivity index (χ1n) is 9.10. The fourth-order valence-corrected chi connectivity index (χ4v) is 2.83. The summed E-state index contributed by atoms with van der Waals surface area (Å²) in [4.78, 5) is 38.2. The first kappa shape index (κ1) is 24.5. The number of nitrogens with zero attached hydrogens (tertiary/aromatic N) is 2. The van der Waals surface area contributed by atoms with Gasteiger partial charge in [0.25, 0.3) is 5.91 Å². The second-order valence-corrected chi connectivity index (χ2v) is 8.50. The van der Waals surface area contributed by atoms with Crippen LogP contribution in [0, 0.1) is 23.2 Å². The normalized spacial score (nSPS) is 12.9. The zero-order valence-electron chi connectivity index (χ0n) is 17.4. The third-order valence-corrected chi connectivity index (χ3v) is 4.44. The Balaban J connectivity index is 3.09. The van der Waals surface area contributed by atoms with Crippen LogP contribution in [0.15, 0.2) is 24.3 Å². The van der Waals surface area contributed by atoms with E-state index in [0.717, 1.165) is 0 Å². The van der Waals surface area contributed by atoms with Crippen molar-refractivity contribution in [2.45, 2.75) is 39.7 Å². The quantitative estimate of drug-likeness (QED) is 0.417. The summed E-state index contributed by atoms with van der Waals surface area (Å²) in [6, 6.07) is 5.71. The average molecular weight is 422 g/mol. The highest BCUT2D eigenvalue weighted by Crippen LogP contribution is 2.27. The number of hydroxylamine groups is 2. The van der Waals surface area contributed by atoms with Crippen molar-refractivity contribution in [3.8, 4) is 11.8 Å². The van der Waals surface area contributed by atoms with E-state index in [1.807, 2.05) is 0 Å². The van der Waals surface area contributed by atoms with Crippen molar-refractivity contribution in [1.82, 2.24) is 9.96 Å². The van der Waals surface area contributed by atoms with E-state index >= 15 is 0 Å². The van der Waals surface area contributed by atoms with Crippen LogP contribution >= 0.6 is 11.6 Å². The largest absolute Gasteiger partial charge is 0.370 e. The van der Waals surface area contributed by atoms with Crippen LogP contribution in [0.5, 0.6) is 0 Å². The Morgan fingerprint density at radius 1 is 1.14 bits per heavy atom. The average Bonchev–Trinajstić information content (AvgIpc) is 2.60. The van der Waals surface area contributed by atoms with E-state index in [-0.39, 0.29) is 12.8 Å². The standard InChI is InChI=1S/C21H28ClN3O4/c1-21(2,3)18(20(28)24(4)5)25(29)19(27)15(13-17(23)26)8-6-7-14-9-11-16(22)12-10-14/h9-12,15,18,29H,8,13H2,1-5H3,(H2,23,26)/t15?,18-/m1/s1. The molecular formula is C21H28ClN3O4. The van der Waals surface area contributed by atoms with Crippen molar-refractivity contribution in [2.24, 2.45) is 17.1 Å². The molecule has 0 spiro atoms. The summed E-state index contributed by atoms with van der Waals surface area (Å²) in [6.07, 6.45) is -0.299. The summed E-state index contributed by atoms with van der Waals surface area (Å²) in [5.74, 6) is 2.84. The minimum atomic E-state index is -1.12. The number of hydrogen-bond donors (Lipinski definition) is 2. The van der Waals surface area contributed by atoms with Crippen LogP contribution in [-0.2, 0) is 14.4 Å². The number of carbonyl (C=O) groups excluding carboxylic acids is 3. The maximum atomic E-state index is 12.9. The molecule has 0 saturated carbocycles. The fourth-order valence-electron chi connectivity index (χ4n) is 2.70. The van der Waals surface area contributed by atoms with Crippen LogP contribution in [0.25, 0.3) is 0 Å². The SMILES string of the molecule is CN(C)C(=O)[C@@H](N(O)C(=O)C(CC#Cc1ccc(Cl)cc1)CC(N)=O)C(C)(C)C. The first-order chi connectivity index (χ1) is 13.3. The summed E-state index contributed by atoms with van der Waals surface area (Å²) >= 11 is 5.84. The lowest BCUT2D eigenvalue weighted by Gasteiger charge is -2.37. The number of carbonyl (C=O) groups is 3. The van der Waals surface area contributed by atoms with Crippen LogP contribution in [0.1, 0.15) is 39.2 Å². The molecule has 0 fully saturated rings. The third kappa shape index (κ3) is 7.41. The van der Waals surface area contributed by atoms with Crippen LogP contribution in [0.3, 0.4) is 0 Å². The number of likely N-dealkylation sites (N-methyl/N-ethyl adjacent to an activating group) is 1. The third-order valence-electron chi connectivity index (χ3n) is 4.19. The van der Waals surface area contributed by atoms with E-state index in [9.17, 15) is 19.6 Å². The molecule has 1 aromatic rings. The molecule has 0 aliphatic rings. The molecule has 1 aromatic carbocycles. The Bertz CT molecular complexity index is 804. The van der Waals surface area contributed by atoms with Crippen molar-refractivity contribution >= 4 is 29.3 Å². The Kier molecular flexibility index (Phi) is 8.68. The van der Waals surface area contributed by atoms with Gasteiger partial charge in [0.05, 0.1) is 5.92 Å². The Morgan fingerprint density at radius 2 is 1.69 bits per heavy atom. The van der Waals surface area contributed by atoms with Gasteiger partial charge in [0.15, 0.2) is 0 Å². The second kappa shape index (κ2) is 10.3. The molecule has 0 aromatic heterocycles. The van der Waals surface area contributed by atoms with Crippen LogP contribution in [-0.4, -0.2) is 53.0 Å². The van der Waals surface area contributed by atoms with Crippen LogP contribution < -0.4 is 5.73 Å². The van der Waals surface area contributed by atoms with Gasteiger partial charge in [-0.3, -0.25) is 19.6 Å². The van der Waals surface area contributed by atoms with Crippen molar-refractivity contribution in [3.63, 3.8) is 0 Å². The van der Waals surface area contributed by atoms with Crippen molar-refractivity contribution < 1.29 is 19.6 Å². The van der Waals surface area contributed by atoms with Crippen molar-refractivity contribution in [2.75, 3.05) is 14.1 Å². The number of rotatable bonds is 6. The number of amides is 3. The molecule has 0 bridgehead atoms. The van der Waals surface area contributed by atoms with Gasteiger partial charge in [-0.25, -0.2) is 5.06 Å². The molecule has 8 heteroatoms. The smallest absolute Gasteiger partial charge is 0.251 e. The molecule has 0 heterocycles. The van der Waals surface area contributed by atoms with Gasteiger partial charge in [0.1, 0.15) is 6.04 Å². The zero-order valence-corrected chi connectivity index (χ0v) is 18.2. The van der Waals surface area contributed by atoms with Crippen molar-refractivity contribution in [1.29, 1.82) is 0 Å². The van der Waals surface area contributed by atoms with E-state index in [4.69, 9.17) is 17.3 Å². The molecule has 2 atom stereocenters. The second-order valence-electron chi connectivity index (χ2n) is 8.06. The summed E-state index contributed by atoms with van der Waals surface area (Å²) in [7, 11) is 3.08. The molecule has 3 amide bonds. The van der Waals surface area contributed by atoms with Gasteiger partial charge in [-0.1, -0.05) is 44.2 Å². The van der Waals surface area contributed by atoms with Crippen LogP contribution in [0.4, 0.5) is 0 Å². The van der Waals surface area contributed by atoms with Gasteiger partial charge in [-0.05, 0) is 29.7 Å². The molecule has 1 rings (SSSR count). The van der Waals surface area contributed by atoms with Gasteiger partial charge >= 0.3 is 0 Å². The number of halogens is 1. The Morgan fingerprint density at radius 3 is 2.14 bits per heavy atom. The molecule has 7 nitrogen and oxygen atoms in total. The van der Waals surface area contributed by atoms with Gasteiger partial charge in [0.2, 0.25) is 11.8 Å². The van der Waals surface area contributed by atoms with Gasteiger partial charge in [0, 0.05) is 37.5 Å². The lowest BCUT2D eigenvalue weighted by atomic mass is 9.84. The highest BCUT2D eigenvalue weighted by Gasteiger charge is 2.41. The molecule has 0 aliphatic carbocycles. The topological polar surface area (TPSA) is 104 Å². The monoisotopic (exact) mass is 421 g/mol. The van der Waals surface area contributed by atoms with Crippen LogP contribution in [0.2, 0.25) is 5.02 Å². The lowest BCUT2D eigenvalue weighted by Crippen LogP contribution is -2.55. The maximum absolute atomic E-state index is 12.9. The minimum absolute atomic E-state index is 0.00548. The van der Waals surface area contributed by atoms with E-state index in [0.29, 0.717) is 15.6 Å². The molecule has 0 aliphatic heterocycles. The number of primary amides is 1. The predicted molar refractivity (Wildman–Crippen MR) is 111 cm³/mol. The van der Waals surface area contributed by atoms with E-state index in [2.05, 4.69) is 11.8 Å². The summed E-state index contributed by atoms with van der Waals surface area (Å²) in [5, 5.41) is 11.6. The Hall–Kier alpha value is -2.56. The summed E-state index contributed by atoms with van der Waals surface area (Å²) < 4.78 is 0. The molecule has 1 unspecified atom stereocenters. The molecule has 3 N–H and O–H groups in total. The first-order valence-corrected chi connectivity index (χ1v) is 9.48. The maximum Gasteiger partial charge on any atom is 0.251 e. The van der Waals surface area contributed by atoms with E-state index < -0.39 is 35.1 Å². The Labute approximate surface area is 176 Å². The molecule has 29 heavy (non-hydrogen) atoms. The molecule has 0 radical (unpaired) electrons. The van der Waals surface area contributed by atoms with Gasteiger partial charge in [-0.2, -0.15) is 0 Å². The number of nitrogens with two attached hydrogens (primary N) is 1. The zero-order chi connectivity index (χ0) is 22.4. The number of benzene rings is 1. The highest BCUT2D eigenvalue weighted by atomic mass is 35.5. The fraction of sp³-hybridized carbons (Fsp3) is 0.476. The lowest BCUT2D eigenvalue weighted by molar-refractivity contribution is -0.195. The van der Waals surface area contributed by atoms with Crippen molar-refractivity contribution in [3.05, 3.63) is 34.9 Å². The summed E-state index contributed by atoms with van der Waals surface area (Å²) in [6.45, 7) is 5.21. The highest BCUT2D eigenvalue weighted by molar-refractivity contribution is 6.30. The van der Waals surface area contributed by atoms with E-state index in [1.54, 1.807) is 45.0 Å². The summed E-state index contributed by atoms with van der Waals surface area (Å²) in [5.41, 5.74) is 5.22. The van der Waals surface area contributed by atoms with Gasteiger partial charge in [-0.15, -0.1) is 0 Å². The molecule has 158 valence electrons. The minimum Gasteiger partial charge on any atom is -0.370 e. The predicted octanol–water partition coefficient (Wildman–Crippen LogP) is 2.29.